The zero-order valence-electron chi connectivity index (χ0n) is 12.9. The summed E-state index contributed by atoms with van der Waals surface area (Å²) in [5.41, 5.74) is 0.976. The molecule has 17 heavy (non-hydrogen) atoms. The molecule has 0 saturated heterocycles. The van der Waals surface area contributed by atoms with E-state index in [2.05, 4.69) is 47.3 Å². The van der Waals surface area contributed by atoms with Gasteiger partial charge < -0.3 is 0 Å². The third-order valence-electron chi connectivity index (χ3n) is 5.02. The van der Waals surface area contributed by atoms with Gasteiger partial charge in [-0.1, -0.05) is 72.8 Å². The Morgan fingerprint density at radius 3 is 1.76 bits per heavy atom. The summed E-state index contributed by atoms with van der Waals surface area (Å²) >= 11 is 0. The molecule has 0 N–H and O–H groups in total. The molecule has 0 bridgehead atoms. The molecule has 0 rings (SSSR count). The molecule has 0 aliphatic heterocycles. The van der Waals surface area contributed by atoms with Crippen molar-refractivity contribution in [3.63, 3.8) is 0 Å². The van der Waals surface area contributed by atoms with Crippen molar-refractivity contribution in [2.45, 2.75) is 86.0 Å². The summed E-state index contributed by atoms with van der Waals surface area (Å²) in [5, 5.41) is 0. The lowest BCUT2D eigenvalue weighted by molar-refractivity contribution is 0.206. The van der Waals surface area contributed by atoms with E-state index in [-0.39, 0.29) is 0 Å². The maximum Gasteiger partial charge on any atom is -0.0149 e. The Bertz CT molecular complexity index is 192. The van der Waals surface area contributed by atoms with Crippen LogP contribution in [0.5, 0.6) is 0 Å². The average Bonchev–Trinajstić information content (AvgIpc) is 2.36. The van der Waals surface area contributed by atoms with Crippen LogP contribution in [-0.4, -0.2) is 0 Å². The Morgan fingerprint density at radius 1 is 0.882 bits per heavy atom. The zero-order valence-corrected chi connectivity index (χ0v) is 12.9. The van der Waals surface area contributed by atoms with Gasteiger partial charge in [0.2, 0.25) is 0 Å². The predicted molar refractivity (Wildman–Crippen MR) is 80.4 cm³/mol. The first-order chi connectivity index (χ1) is 8.01. The van der Waals surface area contributed by atoms with Gasteiger partial charge in [0.15, 0.2) is 0 Å². The number of hydrogen-bond donors (Lipinski definition) is 0. The van der Waals surface area contributed by atoms with Gasteiger partial charge in [0, 0.05) is 0 Å². The molecule has 0 amide bonds. The van der Waals surface area contributed by atoms with Gasteiger partial charge in [-0.05, 0) is 30.1 Å². The van der Waals surface area contributed by atoms with Crippen LogP contribution in [-0.2, 0) is 0 Å². The Morgan fingerprint density at radius 2 is 1.41 bits per heavy atom. The first-order valence-electron chi connectivity index (χ1n) is 7.65. The van der Waals surface area contributed by atoms with E-state index in [1.807, 2.05) is 0 Å². The maximum absolute atomic E-state index is 4.03. The first kappa shape index (κ1) is 16.7. The van der Waals surface area contributed by atoms with E-state index in [4.69, 9.17) is 0 Å². The molecule has 102 valence electrons. The molecular formula is C17H34. The molecule has 1 atom stereocenters. The fraction of sp³-hybridized carbons (Fsp3) is 0.882. The van der Waals surface area contributed by atoms with Crippen molar-refractivity contribution in [2.75, 3.05) is 0 Å². The Balaban J connectivity index is 4.23. The molecule has 1 unspecified atom stereocenters. The molecule has 0 aromatic heterocycles. The summed E-state index contributed by atoms with van der Waals surface area (Å²) in [6, 6.07) is 0. The molecular weight excluding hydrogens is 204 g/mol. The third-order valence-corrected chi connectivity index (χ3v) is 5.02. The minimum atomic E-state index is 0.371. The second-order valence-electron chi connectivity index (χ2n) is 6.02. The monoisotopic (exact) mass is 238 g/mol. The highest BCUT2D eigenvalue weighted by Gasteiger charge is 2.25. The molecule has 0 nitrogen and oxygen atoms in total. The van der Waals surface area contributed by atoms with Crippen molar-refractivity contribution in [1.82, 2.24) is 0 Å². The van der Waals surface area contributed by atoms with Crippen molar-refractivity contribution in [3.05, 3.63) is 12.7 Å². The summed E-state index contributed by atoms with van der Waals surface area (Å²) < 4.78 is 0. The standard InChI is InChI=1S/C17H34/c1-7-13-16(6,8-2)14-12-15-17(9-3,10-4)11-5/h8H,2,7,9-15H2,1,3-6H3. The summed E-state index contributed by atoms with van der Waals surface area (Å²) in [5.74, 6) is 0. The van der Waals surface area contributed by atoms with Crippen LogP contribution < -0.4 is 0 Å². The van der Waals surface area contributed by atoms with Gasteiger partial charge in [0.05, 0.1) is 0 Å². The normalized spacial score (nSPS) is 15.6. The number of hydrogen-bond acceptors (Lipinski definition) is 0. The van der Waals surface area contributed by atoms with Crippen molar-refractivity contribution in [2.24, 2.45) is 10.8 Å². The van der Waals surface area contributed by atoms with Gasteiger partial charge >= 0.3 is 0 Å². The smallest absolute Gasteiger partial charge is 0.0149 e. The highest BCUT2D eigenvalue weighted by molar-refractivity contribution is 4.91. The van der Waals surface area contributed by atoms with Gasteiger partial charge in [0.1, 0.15) is 0 Å². The van der Waals surface area contributed by atoms with E-state index in [0.29, 0.717) is 10.8 Å². The van der Waals surface area contributed by atoms with Crippen LogP contribution in [0.1, 0.15) is 86.0 Å². The fourth-order valence-corrected chi connectivity index (χ4v) is 3.05. The summed E-state index contributed by atoms with van der Waals surface area (Å²) in [4.78, 5) is 0. The van der Waals surface area contributed by atoms with E-state index in [1.165, 1.54) is 51.4 Å². The molecule has 0 heterocycles. The van der Waals surface area contributed by atoms with Crippen LogP contribution in [0.15, 0.2) is 12.7 Å². The van der Waals surface area contributed by atoms with Crippen molar-refractivity contribution >= 4 is 0 Å². The zero-order chi connectivity index (χ0) is 13.4. The quantitative estimate of drug-likeness (QED) is 0.388. The number of rotatable bonds is 10. The summed E-state index contributed by atoms with van der Waals surface area (Å²) in [7, 11) is 0. The van der Waals surface area contributed by atoms with Crippen LogP contribution in [0.4, 0.5) is 0 Å². The van der Waals surface area contributed by atoms with Crippen LogP contribution in [0.2, 0.25) is 0 Å². The van der Waals surface area contributed by atoms with Crippen LogP contribution in [0, 0.1) is 10.8 Å². The minimum Gasteiger partial charge on any atom is -0.103 e. The topological polar surface area (TPSA) is 0 Å². The van der Waals surface area contributed by atoms with Gasteiger partial charge in [-0.2, -0.15) is 0 Å². The van der Waals surface area contributed by atoms with Gasteiger partial charge in [0.25, 0.3) is 0 Å². The Kier molecular flexibility index (Phi) is 7.83. The Labute approximate surface area is 110 Å². The van der Waals surface area contributed by atoms with E-state index in [0.717, 1.165) is 0 Å². The molecule has 0 aromatic carbocycles. The summed E-state index contributed by atoms with van der Waals surface area (Å²) in [6.45, 7) is 15.7. The van der Waals surface area contributed by atoms with Crippen LogP contribution >= 0.6 is 0 Å². The third kappa shape index (κ3) is 5.27. The number of allylic oxidation sites excluding steroid dienone is 1. The average molecular weight is 238 g/mol. The molecule has 0 heteroatoms. The predicted octanol–water partition coefficient (Wildman–Crippen LogP) is 6.37. The Hall–Kier alpha value is -0.260. The van der Waals surface area contributed by atoms with Gasteiger partial charge in [-0.3, -0.25) is 0 Å². The van der Waals surface area contributed by atoms with Gasteiger partial charge in [-0.25, -0.2) is 0 Å². The maximum atomic E-state index is 4.03. The minimum absolute atomic E-state index is 0.371. The van der Waals surface area contributed by atoms with E-state index >= 15 is 0 Å². The highest BCUT2D eigenvalue weighted by Crippen LogP contribution is 2.39. The fourth-order valence-electron chi connectivity index (χ4n) is 3.05. The van der Waals surface area contributed by atoms with E-state index in [9.17, 15) is 0 Å². The first-order valence-corrected chi connectivity index (χ1v) is 7.65. The molecule has 0 aliphatic rings. The van der Waals surface area contributed by atoms with Crippen LogP contribution in [0.25, 0.3) is 0 Å². The van der Waals surface area contributed by atoms with Crippen molar-refractivity contribution in [3.8, 4) is 0 Å². The van der Waals surface area contributed by atoms with Gasteiger partial charge in [-0.15, -0.1) is 6.58 Å². The lowest BCUT2D eigenvalue weighted by atomic mass is 9.73. The second-order valence-corrected chi connectivity index (χ2v) is 6.02. The van der Waals surface area contributed by atoms with E-state index in [1.54, 1.807) is 0 Å². The highest BCUT2D eigenvalue weighted by atomic mass is 14.3. The molecule has 0 spiro atoms. The van der Waals surface area contributed by atoms with Crippen molar-refractivity contribution in [1.29, 1.82) is 0 Å². The molecule has 0 aromatic rings. The second kappa shape index (κ2) is 7.95. The van der Waals surface area contributed by atoms with Crippen LogP contribution in [0.3, 0.4) is 0 Å². The lowest BCUT2D eigenvalue weighted by Gasteiger charge is -2.33. The molecule has 0 saturated carbocycles. The van der Waals surface area contributed by atoms with E-state index < -0.39 is 0 Å². The summed E-state index contributed by atoms with van der Waals surface area (Å²) in [6.07, 6.45) is 12.8. The van der Waals surface area contributed by atoms with Crippen molar-refractivity contribution < 1.29 is 0 Å². The lowest BCUT2D eigenvalue weighted by Crippen LogP contribution is -2.19. The SMILES string of the molecule is C=CC(C)(CCC)CCCC(CC)(CC)CC. The molecule has 0 radical (unpaired) electrons. The largest absolute Gasteiger partial charge is 0.103 e. The molecule has 0 fully saturated rings. The molecule has 0 aliphatic carbocycles.